The third-order valence-corrected chi connectivity index (χ3v) is 1.92. The molecule has 1 N–H and O–H groups in total. The van der Waals surface area contributed by atoms with E-state index in [1.807, 2.05) is 6.92 Å². The van der Waals surface area contributed by atoms with Crippen molar-refractivity contribution >= 4 is 0 Å². The van der Waals surface area contributed by atoms with Gasteiger partial charge in [-0.1, -0.05) is 0 Å². The van der Waals surface area contributed by atoms with Crippen molar-refractivity contribution in [1.29, 1.82) is 0 Å². The van der Waals surface area contributed by atoms with Crippen LogP contribution in [0.5, 0.6) is 0 Å². The zero-order valence-corrected chi connectivity index (χ0v) is 7.01. The van der Waals surface area contributed by atoms with Gasteiger partial charge < -0.3 is 5.11 Å². The summed E-state index contributed by atoms with van der Waals surface area (Å²) in [5, 5.41) is 9.36. The maximum absolute atomic E-state index is 9.36. The van der Waals surface area contributed by atoms with E-state index in [-0.39, 0.29) is 0 Å². The largest absolute Gasteiger partial charge is 0.388 e. The van der Waals surface area contributed by atoms with Gasteiger partial charge in [-0.2, -0.15) is 0 Å². The molecule has 1 aliphatic rings. The number of unbranched alkanes of at least 4 members (excludes halogenated alkanes) is 1. The molecule has 0 spiro atoms. The van der Waals surface area contributed by atoms with E-state index in [4.69, 9.17) is 6.42 Å². The lowest BCUT2D eigenvalue weighted by atomic mass is 9.97. The van der Waals surface area contributed by atoms with E-state index in [1.165, 1.54) is 0 Å². The van der Waals surface area contributed by atoms with E-state index in [0.717, 1.165) is 32.5 Å². The summed E-state index contributed by atoms with van der Waals surface area (Å²) >= 11 is 0. The number of hydrogen-bond acceptors (Lipinski definition) is 2. The number of aliphatic hydroxyl groups is 1. The maximum Gasteiger partial charge on any atom is 0.0872 e. The van der Waals surface area contributed by atoms with Gasteiger partial charge in [0.05, 0.1) is 5.60 Å². The van der Waals surface area contributed by atoms with Gasteiger partial charge in [0.25, 0.3) is 0 Å². The molecule has 11 heavy (non-hydrogen) atoms. The molecule has 0 atom stereocenters. The first-order chi connectivity index (χ1) is 5.14. The van der Waals surface area contributed by atoms with Crippen LogP contribution >= 0.6 is 0 Å². The Bertz CT molecular complexity index is 161. The van der Waals surface area contributed by atoms with E-state index in [1.54, 1.807) is 0 Å². The summed E-state index contributed by atoms with van der Waals surface area (Å²) < 4.78 is 0. The van der Waals surface area contributed by atoms with Crippen LogP contribution in [0.4, 0.5) is 0 Å². The van der Waals surface area contributed by atoms with Crippen LogP contribution in [-0.4, -0.2) is 35.2 Å². The smallest absolute Gasteiger partial charge is 0.0872 e. The van der Waals surface area contributed by atoms with Crippen LogP contribution in [-0.2, 0) is 0 Å². The van der Waals surface area contributed by atoms with Crippen LogP contribution in [0, 0.1) is 12.3 Å². The lowest BCUT2D eigenvalue weighted by Crippen LogP contribution is -2.59. The summed E-state index contributed by atoms with van der Waals surface area (Å²) in [4.78, 5) is 2.22. The van der Waals surface area contributed by atoms with Crippen molar-refractivity contribution < 1.29 is 5.11 Å². The Morgan fingerprint density at radius 3 is 2.73 bits per heavy atom. The van der Waals surface area contributed by atoms with Crippen LogP contribution in [0.2, 0.25) is 0 Å². The number of hydrogen-bond donors (Lipinski definition) is 1. The molecule has 1 aliphatic heterocycles. The van der Waals surface area contributed by atoms with Gasteiger partial charge in [0.2, 0.25) is 0 Å². The first-order valence-corrected chi connectivity index (χ1v) is 4.02. The number of rotatable bonds is 3. The molecule has 0 unspecified atom stereocenters. The standard InChI is InChI=1S/C9H15NO/c1-3-4-5-6-10-7-9(2,11)8-10/h1,11H,4-8H2,2H3. The molecule has 0 aromatic rings. The van der Waals surface area contributed by atoms with Crippen LogP contribution in [0.15, 0.2) is 0 Å². The van der Waals surface area contributed by atoms with Crippen molar-refractivity contribution in [3.05, 3.63) is 0 Å². The molecule has 1 saturated heterocycles. The third-order valence-electron chi connectivity index (χ3n) is 1.92. The van der Waals surface area contributed by atoms with Gasteiger partial charge in [0, 0.05) is 19.5 Å². The maximum atomic E-state index is 9.36. The van der Waals surface area contributed by atoms with E-state index >= 15 is 0 Å². The molecule has 1 heterocycles. The first-order valence-electron chi connectivity index (χ1n) is 4.02. The van der Waals surface area contributed by atoms with Gasteiger partial charge in [-0.25, -0.2) is 0 Å². The first kappa shape index (κ1) is 8.58. The molecule has 0 saturated carbocycles. The monoisotopic (exact) mass is 153 g/mol. The summed E-state index contributed by atoms with van der Waals surface area (Å²) in [6.45, 7) is 4.50. The lowest BCUT2D eigenvalue weighted by molar-refractivity contribution is -0.0830. The third kappa shape index (κ3) is 2.53. The van der Waals surface area contributed by atoms with Crippen molar-refractivity contribution in [1.82, 2.24) is 4.90 Å². The highest BCUT2D eigenvalue weighted by Gasteiger charge is 2.35. The zero-order chi connectivity index (χ0) is 8.32. The van der Waals surface area contributed by atoms with Gasteiger partial charge in [-0.3, -0.25) is 4.90 Å². The van der Waals surface area contributed by atoms with E-state index in [2.05, 4.69) is 10.8 Å². The SMILES string of the molecule is C#CCCCN1CC(C)(O)C1. The average Bonchev–Trinajstić information content (AvgIpc) is 1.84. The van der Waals surface area contributed by atoms with Crippen LogP contribution in [0.3, 0.4) is 0 Å². The second-order valence-corrected chi connectivity index (χ2v) is 3.52. The van der Waals surface area contributed by atoms with Crippen LogP contribution in [0.1, 0.15) is 19.8 Å². The molecule has 0 aliphatic carbocycles. The molecule has 0 aromatic carbocycles. The van der Waals surface area contributed by atoms with Crippen LogP contribution in [0.25, 0.3) is 0 Å². The minimum atomic E-state index is -0.434. The molecule has 0 radical (unpaired) electrons. The van der Waals surface area contributed by atoms with Gasteiger partial charge in [-0.05, 0) is 19.9 Å². The number of terminal acetylenes is 1. The Hall–Kier alpha value is -0.520. The Morgan fingerprint density at radius 2 is 2.27 bits per heavy atom. The highest BCUT2D eigenvalue weighted by atomic mass is 16.3. The summed E-state index contributed by atoms with van der Waals surface area (Å²) in [6.07, 6.45) is 7.00. The van der Waals surface area contributed by atoms with Gasteiger partial charge in [-0.15, -0.1) is 12.3 Å². The normalized spacial score (nSPS) is 22.3. The predicted molar refractivity (Wildman–Crippen MR) is 45.1 cm³/mol. The van der Waals surface area contributed by atoms with Gasteiger partial charge in [0.15, 0.2) is 0 Å². The fraction of sp³-hybridized carbons (Fsp3) is 0.778. The van der Waals surface area contributed by atoms with Crippen LogP contribution < -0.4 is 0 Å². The van der Waals surface area contributed by atoms with Crippen molar-refractivity contribution in [2.24, 2.45) is 0 Å². The molecule has 62 valence electrons. The highest BCUT2D eigenvalue weighted by Crippen LogP contribution is 2.19. The fourth-order valence-corrected chi connectivity index (χ4v) is 1.48. The van der Waals surface area contributed by atoms with Gasteiger partial charge >= 0.3 is 0 Å². The summed E-state index contributed by atoms with van der Waals surface area (Å²) in [5.74, 6) is 2.60. The molecule has 0 bridgehead atoms. The van der Waals surface area contributed by atoms with Crippen molar-refractivity contribution in [2.45, 2.75) is 25.4 Å². The van der Waals surface area contributed by atoms with E-state index in [9.17, 15) is 5.11 Å². The highest BCUT2D eigenvalue weighted by molar-refractivity contribution is 4.92. The minimum absolute atomic E-state index is 0.434. The fourth-order valence-electron chi connectivity index (χ4n) is 1.48. The Labute approximate surface area is 68.2 Å². The van der Waals surface area contributed by atoms with E-state index < -0.39 is 5.60 Å². The lowest BCUT2D eigenvalue weighted by Gasteiger charge is -2.44. The second kappa shape index (κ2) is 3.25. The Balaban J connectivity index is 2.01. The number of β-amino-alcohol motifs (C(OH)–C–C–N with tert-alkyl or cyclic N) is 1. The van der Waals surface area contributed by atoms with Crippen molar-refractivity contribution in [3.63, 3.8) is 0 Å². The molecule has 2 nitrogen and oxygen atoms in total. The zero-order valence-electron chi connectivity index (χ0n) is 7.01. The summed E-state index contributed by atoms with van der Waals surface area (Å²) in [7, 11) is 0. The quantitative estimate of drug-likeness (QED) is 0.470. The van der Waals surface area contributed by atoms with Gasteiger partial charge in [0.1, 0.15) is 0 Å². The number of likely N-dealkylation sites (tertiary alicyclic amines) is 1. The summed E-state index contributed by atoms with van der Waals surface area (Å²) in [5.41, 5.74) is -0.434. The molecule has 0 aromatic heterocycles. The molecule has 2 heteroatoms. The van der Waals surface area contributed by atoms with Crippen molar-refractivity contribution in [2.75, 3.05) is 19.6 Å². The summed E-state index contributed by atoms with van der Waals surface area (Å²) in [6, 6.07) is 0. The topological polar surface area (TPSA) is 23.5 Å². The second-order valence-electron chi connectivity index (χ2n) is 3.52. The average molecular weight is 153 g/mol. The Kier molecular flexibility index (Phi) is 2.53. The molecule has 0 amide bonds. The molecule has 1 fully saturated rings. The molecular weight excluding hydrogens is 138 g/mol. The minimum Gasteiger partial charge on any atom is -0.388 e. The number of nitrogens with zero attached hydrogens (tertiary/aromatic N) is 1. The predicted octanol–water partition coefficient (Wildman–Crippen LogP) is 0.466. The molecular formula is C9H15NO. The van der Waals surface area contributed by atoms with E-state index in [0.29, 0.717) is 0 Å². The van der Waals surface area contributed by atoms with Crippen molar-refractivity contribution in [3.8, 4) is 12.3 Å². The molecule has 1 rings (SSSR count). The Morgan fingerprint density at radius 1 is 1.64 bits per heavy atom.